The van der Waals surface area contributed by atoms with Gasteiger partial charge < -0.3 is 4.28 Å². The molecule has 0 aromatic carbocycles. The Morgan fingerprint density at radius 1 is 1.45 bits per heavy atom. The summed E-state index contributed by atoms with van der Waals surface area (Å²) in [6.07, 6.45) is 0.810. The molecule has 0 rings (SSSR count). The molecule has 4 nitrogen and oxygen atoms in total. The average Bonchev–Trinajstić information content (AvgIpc) is 1.83. The molecule has 0 amide bonds. The van der Waals surface area contributed by atoms with Gasteiger partial charge in [-0.05, 0) is 11.0 Å². The quantitative estimate of drug-likeness (QED) is 0.284. The molecule has 0 aromatic rings. The van der Waals surface area contributed by atoms with Crippen LogP contribution in [-0.4, -0.2) is 6.61 Å². The van der Waals surface area contributed by atoms with Crippen molar-refractivity contribution in [3.05, 3.63) is 0 Å². The second-order valence-electron chi connectivity index (χ2n) is 1.16. The molecule has 1 atom stereocenters. The van der Waals surface area contributed by atoms with Crippen LogP contribution in [0, 0.1) is 0 Å². The van der Waals surface area contributed by atoms with Gasteiger partial charge in [-0.25, -0.2) is 0 Å². The minimum absolute atomic E-state index is 0. The molecule has 2 N–H and O–H groups in total. The first-order valence-corrected chi connectivity index (χ1v) is 3.37. The van der Waals surface area contributed by atoms with Crippen LogP contribution in [-0.2, 0) is 13.7 Å². The standard InChI is InChI=1S/C3H9NO3P.3Na.3H/c1-2-3-6-8(5)7-4;;;;;;/h2-4H2,1H3;;;;;;/q4*+1;3*-1. The normalized spacial score (nSPS) is 8.36. The van der Waals surface area contributed by atoms with E-state index in [9.17, 15) is 4.57 Å². The predicted molar refractivity (Wildman–Crippen MR) is 32.5 cm³/mol. The molecule has 0 aliphatic carbocycles. The Morgan fingerprint density at radius 3 is 2.18 bits per heavy atom. The van der Waals surface area contributed by atoms with Crippen molar-refractivity contribution >= 4 is 8.25 Å². The maximum Gasteiger partial charge on any atom is 1.00 e. The molecule has 0 aliphatic rings. The van der Waals surface area contributed by atoms with Crippen LogP contribution in [0.15, 0.2) is 0 Å². The Hall–Kier alpha value is 2.98. The summed E-state index contributed by atoms with van der Waals surface area (Å²) < 4.78 is 18.5. The topological polar surface area (TPSA) is 61.5 Å². The Bertz CT molecular complexity index is 96.7. The Labute approximate surface area is 139 Å². The van der Waals surface area contributed by atoms with Crippen LogP contribution < -0.4 is 94.6 Å². The first-order chi connectivity index (χ1) is 3.81. The second kappa shape index (κ2) is 18.7. The molecule has 0 aromatic heterocycles. The molecule has 0 saturated carbocycles. The van der Waals surface area contributed by atoms with E-state index in [0.29, 0.717) is 6.61 Å². The Kier molecular flexibility index (Phi) is 40.2. The van der Waals surface area contributed by atoms with E-state index in [2.05, 4.69) is 15.0 Å². The van der Waals surface area contributed by atoms with Crippen molar-refractivity contribution in [1.29, 1.82) is 0 Å². The van der Waals surface area contributed by atoms with Gasteiger partial charge in [0.15, 0.2) is 0 Å². The SMILES string of the molecule is CCCO[P+](=O)ON.[H-].[H-].[H-].[Na+].[Na+].[Na+]. The van der Waals surface area contributed by atoms with Crippen LogP contribution in [0.2, 0.25) is 0 Å². The molecule has 0 radical (unpaired) electrons. The molecular weight excluding hydrogens is 198 g/mol. The fraction of sp³-hybridized carbons (Fsp3) is 1.00. The first-order valence-electron chi connectivity index (χ1n) is 2.28. The van der Waals surface area contributed by atoms with Crippen molar-refractivity contribution < 1.29 is 107 Å². The largest absolute Gasteiger partial charge is 1.00 e. The van der Waals surface area contributed by atoms with Crippen LogP contribution >= 0.6 is 8.25 Å². The summed E-state index contributed by atoms with van der Waals surface area (Å²) in [4.78, 5) is 0. The van der Waals surface area contributed by atoms with E-state index in [1.165, 1.54) is 0 Å². The fourth-order valence-electron chi connectivity index (χ4n) is 0.196. The third-order valence-electron chi connectivity index (χ3n) is 0.487. The van der Waals surface area contributed by atoms with Gasteiger partial charge in [-0.1, -0.05) is 6.92 Å². The van der Waals surface area contributed by atoms with Crippen LogP contribution in [0.3, 0.4) is 0 Å². The molecule has 0 spiro atoms. The van der Waals surface area contributed by atoms with Gasteiger partial charge in [-0.3, -0.25) is 0 Å². The van der Waals surface area contributed by atoms with Crippen LogP contribution in [0.25, 0.3) is 0 Å². The van der Waals surface area contributed by atoms with Crippen molar-refractivity contribution in [1.82, 2.24) is 0 Å². The number of rotatable bonds is 4. The van der Waals surface area contributed by atoms with Gasteiger partial charge in [0.05, 0.1) is 0 Å². The second-order valence-corrected chi connectivity index (χ2v) is 2.08. The molecule has 0 bridgehead atoms. The van der Waals surface area contributed by atoms with E-state index in [1.807, 2.05) is 6.92 Å². The molecule has 8 heteroatoms. The number of hydrogen-bond acceptors (Lipinski definition) is 4. The summed E-state index contributed by atoms with van der Waals surface area (Å²) in [6, 6.07) is 0. The number of nitrogens with two attached hydrogens (primary N) is 1. The summed E-state index contributed by atoms with van der Waals surface area (Å²) in [5.74, 6) is 4.50. The van der Waals surface area contributed by atoms with Gasteiger partial charge in [0.1, 0.15) is 6.61 Å². The van der Waals surface area contributed by atoms with Gasteiger partial charge in [-0.2, -0.15) is 5.90 Å². The zero-order valence-electron chi connectivity index (χ0n) is 10.7. The Balaban J connectivity index is -0.0000000163. The van der Waals surface area contributed by atoms with Crippen molar-refractivity contribution in [2.45, 2.75) is 13.3 Å². The van der Waals surface area contributed by atoms with Gasteiger partial charge in [0, 0.05) is 4.57 Å². The van der Waals surface area contributed by atoms with Crippen molar-refractivity contribution in [3.8, 4) is 0 Å². The minimum atomic E-state index is -2.06. The first kappa shape index (κ1) is 23.6. The summed E-state index contributed by atoms with van der Waals surface area (Å²) >= 11 is 0. The van der Waals surface area contributed by atoms with Crippen molar-refractivity contribution in [3.63, 3.8) is 0 Å². The van der Waals surface area contributed by atoms with Crippen LogP contribution in [0.4, 0.5) is 0 Å². The fourth-order valence-corrected chi connectivity index (χ4v) is 0.589. The average molecular weight is 210 g/mol. The Morgan fingerprint density at radius 2 is 1.91 bits per heavy atom. The summed E-state index contributed by atoms with van der Waals surface area (Å²) in [5.41, 5.74) is 0. The number of hydrogen-bond donors (Lipinski definition) is 1. The van der Waals surface area contributed by atoms with E-state index < -0.39 is 8.25 Å². The van der Waals surface area contributed by atoms with E-state index in [-0.39, 0.29) is 93.0 Å². The third-order valence-corrected chi connectivity index (χ3v) is 1.05. The third kappa shape index (κ3) is 19.4. The van der Waals surface area contributed by atoms with Gasteiger partial charge in [0.2, 0.25) is 0 Å². The molecule has 0 fully saturated rings. The molecule has 54 valence electrons. The summed E-state index contributed by atoms with van der Waals surface area (Å²) in [7, 11) is -2.06. The molecule has 0 aliphatic heterocycles. The maximum atomic E-state index is 10.1. The molecule has 11 heavy (non-hydrogen) atoms. The van der Waals surface area contributed by atoms with Gasteiger partial charge in [-0.15, -0.1) is 4.52 Å². The summed E-state index contributed by atoms with van der Waals surface area (Å²) in [5, 5.41) is 0. The van der Waals surface area contributed by atoms with E-state index >= 15 is 0 Å². The molecular formula is C3H12NNa3O3P+. The zero-order valence-corrected chi connectivity index (χ0v) is 14.6. The summed E-state index contributed by atoms with van der Waals surface area (Å²) in [6.45, 7) is 2.33. The van der Waals surface area contributed by atoms with Crippen molar-refractivity contribution in [2.75, 3.05) is 6.61 Å². The molecule has 0 heterocycles. The van der Waals surface area contributed by atoms with E-state index in [4.69, 9.17) is 0 Å². The van der Waals surface area contributed by atoms with Gasteiger partial charge >= 0.3 is 96.9 Å². The minimum Gasteiger partial charge on any atom is -1.00 e. The van der Waals surface area contributed by atoms with Crippen LogP contribution in [0.1, 0.15) is 17.6 Å². The predicted octanol–water partition coefficient (Wildman–Crippen LogP) is -7.69. The smallest absolute Gasteiger partial charge is 1.00 e. The maximum absolute atomic E-state index is 10.1. The zero-order chi connectivity index (χ0) is 6.41. The van der Waals surface area contributed by atoms with E-state index in [1.54, 1.807) is 0 Å². The molecule has 0 saturated heterocycles. The molecule has 1 unspecified atom stereocenters. The van der Waals surface area contributed by atoms with Gasteiger partial charge in [0.25, 0.3) is 0 Å². The van der Waals surface area contributed by atoms with Crippen molar-refractivity contribution in [2.24, 2.45) is 5.90 Å². The monoisotopic (exact) mass is 210 g/mol. The van der Waals surface area contributed by atoms with E-state index in [0.717, 1.165) is 6.42 Å². The van der Waals surface area contributed by atoms with Crippen LogP contribution in [0.5, 0.6) is 0 Å².